The number of benzene rings is 2. The highest BCUT2D eigenvalue weighted by Gasteiger charge is 2.47. The summed E-state index contributed by atoms with van der Waals surface area (Å²) in [4.78, 5) is 0. The highest BCUT2D eigenvalue weighted by Crippen LogP contribution is 2.59. The third kappa shape index (κ3) is 1.95. The minimum absolute atomic E-state index is 0.628. The molecule has 1 aliphatic rings. The lowest BCUT2D eigenvalue weighted by atomic mass is 10.0. The van der Waals surface area contributed by atoms with E-state index in [1.807, 2.05) is 0 Å². The van der Waals surface area contributed by atoms with Gasteiger partial charge >= 0.3 is 0 Å². The quantitative estimate of drug-likeness (QED) is 0.866. The van der Waals surface area contributed by atoms with Gasteiger partial charge in [0.05, 0.1) is 0 Å². The smallest absolute Gasteiger partial charge is 0.0178 e. The maximum atomic E-state index is 5.64. The molecular formula is C17H19N. The number of nitrogens with two attached hydrogens (primary N) is 1. The van der Waals surface area contributed by atoms with E-state index in [4.69, 9.17) is 5.73 Å². The summed E-state index contributed by atoms with van der Waals surface area (Å²) >= 11 is 0. The van der Waals surface area contributed by atoms with Crippen molar-refractivity contribution >= 4 is 0 Å². The molecule has 1 nitrogen and oxygen atoms in total. The predicted molar refractivity (Wildman–Crippen MR) is 75.4 cm³/mol. The Morgan fingerprint density at radius 2 is 1.39 bits per heavy atom. The normalized spacial score (nSPS) is 26.0. The number of hydrogen-bond donors (Lipinski definition) is 1. The molecule has 1 aliphatic carbocycles. The van der Waals surface area contributed by atoms with Crippen molar-refractivity contribution in [3.8, 4) is 0 Å². The fourth-order valence-electron chi connectivity index (χ4n) is 3.04. The summed E-state index contributed by atoms with van der Waals surface area (Å²) in [7, 11) is 0. The van der Waals surface area contributed by atoms with E-state index in [2.05, 4.69) is 61.5 Å². The van der Waals surface area contributed by atoms with Crippen LogP contribution in [0.5, 0.6) is 0 Å². The first-order valence-electron chi connectivity index (χ1n) is 6.65. The molecule has 1 saturated carbocycles. The minimum atomic E-state index is 0.628. The van der Waals surface area contributed by atoms with E-state index < -0.39 is 0 Å². The Hall–Kier alpha value is -1.60. The van der Waals surface area contributed by atoms with Crippen molar-refractivity contribution in [2.75, 3.05) is 0 Å². The molecular weight excluding hydrogens is 218 g/mol. The molecule has 0 heterocycles. The van der Waals surface area contributed by atoms with Crippen LogP contribution in [-0.2, 0) is 6.54 Å². The van der Waals surface area contributed by atoms with Crippen molar-refractivity contribution in [3.05, 3.63) is 71.3 Å². The van der Waals surface area contributed by atoms with E-state index in [1.165, 1.54) is 16.7 Å². The summed E-state index contributed by atoms with van der Waals surface area (Å²) in [5, 5.41) is 0. The Labute approximate surface area is 109 Å². The zero-order chi connectivity index (χ0) is 12.5. The second-order valence-corrected chi connectivity index (χ2v) is 5.27. The van der Waals surface area contributed by atoms with Crippen LogP contribution in [0.25, 0.3) is 0 Å². The van der Waals surface area contributed by atoms with Gasteiger partial charge in [-0.2, -0.15) is 0 Å². The monoisotopic (exact) mass is 237 g/mol. The fraction of sp³-hybridized carbons (Fsp3) is 0.294. The Morgan fingerprint density at radius 1 is 0.833 bits per heavy atom. The summed E-state index contributed by atoms with van der Waals surface area (Å²) < 4.78 is 0. The van der Waals surface area contributed by atoms with Gasteiger partial charge < -0.3 is 5.73 Å². The third-order valence-corrected chi connectivity index (χ3v) is 4.16. The first-order chi connectivity index (χ1) is 8.81. The molecule has 2 N–H and O–H groups in total. The molecule has 0 bridgehead atoms. The zero-order valence-corrected chi connectivity index (χ0v) is 10.7. The summed E-state index contributed by atoms with van der Waals surface area (Å²) in [5.74, 6) is 2.12. The van der Waals surface area contributed by atoms with Gasteiger partial charge in [-0.05, 0) is 34.4 Å². The van der Waals surface area contributed by atoms with Crippen LogP contribution in [0.2, 0.25) is 0 Å². The summed E-state index contributed by atoms with van der Waals surface area (Å²) in [6.07, 6.45) is 0. The summed E-state index contributed by atoms with van der Waals surface area (Å²) in [5.41, 5.74) is 9.77. The van der Waals surface area contributed by atoms with Crippen molar-refractivity contribution in [2.24, 2.45) is 11.7 Å². The molecule has 0 aromatic heterocycles. The van der Waals surface area contributed by atoms with Gasteiger partial charge in [-0.3, -0.25) is 0 Å². The SMILES string of the molecule is CC1C(c2ccccc2)C1c1ccc(CN)cc1. The van der Waals surface area contributed by atoms with Crippen LogP contribution < -0.4 is 5.73 Å². The second-order valence-electron chi connectivity index (χ2n) is 5.27. The molecule has 0 aliphatic heterocycles. The topological polar surface area (TPSA) is 26.0 Å². The highest BCUT2D eigenvalue weighted by molar-refractivity contribution is 5.39. The molecule has 0 amide bonds. The summed E-state index contributed by atoms with van der Waals surface area (Å²) in [6.45, 7) is 2.97. The van der Waals surface area contributed by atoms with Crippen molar-refractivity contribution in [1.29, 1.82) is 0 Å². The Bertz CT molecular complexity index is 515. The maximum absolute atomic E-state index is 5.64. The van der Waals surface area contributed by atoms with E-state index >= 15 is 0 Å². The van der Waals surface area contributed by atoms with E-state index in [1.54, 1.807) is 0 Å². The van der Waals surface area contributed by atoms with Crippen LogP contribution >= 0.6 is 0 Å². The standard InChI is InChI=1S/C17H19N/c1-12-16(14-5-3-2-4-6-14)17(12)15-9-7-13(11-18)8-10-15/h2-10,12,16-17H,11,18H2,1H3. The zero-order valence-electron chi connectivity index (χ0n) is 10.7. The molecule has 1 heteroatoms. The van der Waals surface area contributed by atoms with Gasteiger partial charge in [-0.15, -0.1) is 0 Å². The van der Waals surface area contributed by atoms with Gasteiger partial charge in [0.2, 0.25) is 0 Å². The predicted octanol–water partition coefficient (Wildman–Crippen LogP) is 3.66. The molecule has 0 spiro atoms. The average molecular weight is 237 g/mol. The molecule has 2 aromatic rings. The first-order valence-corrected chi connectivity index (χ1v) is 6.65. The molecule has 2 aromatic carbocycles. The highest BCUT2D eigenvalue weighted by atomic mass is 14.5. The molecule has 0 saturated heterocycles. The van der Waals surface area contributed by atoms with Gasteiger partial charge in [0.1, 0.15) is 0 Å². The molecule has 18 heavy (non-hydrogen) atoms. The first kappa shape index (κ1) is 11.5. The summed E-state index contributed by atoms with van der Waals surface area (Å²) in [6, 6.07) is 19.6. The Kier molecular flexibility index (Phi) is 2.92. The average Bonchev–Trinajstić information content (AvgIpc) is 3.11. The lowest BCUT2D eigenvalue weighted by Gasteiger charge is -2.02. The van der Waals surface area contributed by atoms with E-state index in [-0.39, 0.29) is 0 Å². The largest absolute Gasteiger partial charge is 0.326 e. The molecule has 3 rings (SSSR count). The molecule has 92 valence electrons. The lowest BCUT2D eigenvalue weighted by Crippen LogP contribution is -1.95. The van der Waals surface area contributed by atoms with Crippen molar-refractivity contribution in [1.82, 2.24) is 0 Å². The third-order valence-electron chi connectivity index (χ3n) is 4.16. The van der Waals surface area contributed by atoms with Crippen LogP contribution in [0.15, 0.2) is 54.6 Å². The molecule has 3 unspecified atom stereocenters. The Morgan fingerprint density at radius 3 is 1.94 bits per heavy atom. The van der Waals surface area contributed by atoms with Gasteiger partial charge in [-0.1, -0.05) is 61.5 Å². The van der Waals surface area contributed by atoms with Crippen molar-refractivity contribution < 1.29 is 0 Å². The Balaban J connectivity index is 1.82. The van der Waals surface area contributed by atoms with Gasteiger partial charge in [-0.25, -0.2) is 0 Å². The van der Waals surface area contributed by atoms with E-state index in [0.717, 1.165) is 5.92 Å². The molecule has 3 atom stereocenters. The van der Waals surface area contributed by atoms with Crippen LogP contribution in [0.3, 0.4) is 0 Å². The van der Waals surface area contributed by atoms with Crippen LogP contribution in [0.4, 0.5) is 0 Å². The molecule has 1 fully saturated rings. The number of hydrogen-bond acceptors (Lipinski definition) is 1. The van der Waals surface area contributed by atoms with Crippen molar-refractivity contribution in [3.63, 3.8) is 0 Å². The van der Waals surface area contributed by atoms with Crippen molar-refractivity contribution in [2.45, 2.75) is 25.3 Å². The van der Waals surface area contributed by atoms with Gasteiger partial charge in [0, 0.05) is 6.54 Å². The van der Waals surface area contributed by atoms with Gasteiger partial charge in [0.15, 0.2) is 0 Å². The van der Waals surface area contributed by atoms with Crippen LogP contribution in [-0.4, -0.2) is 0 Å². The number of rotatable bonds is 3. The van der Waals surface area contributed by atoms with Gasteiger partial charge in [0.25, 0.3) is 0 Å². The minimum Gasteiger partial charge on any atom is -0.326 e. The molecule has 0 radical (unpaired) electrons. The second kappa shape index (κ2) is 4.58. The van der Waals surface area contributed by atoms with E-state index in [0.29, 0.717) is 18.4 Å². The lowest BCUT2D eigenvalue weighted by molar-refractivity contribution is 0.895. The van der Waals surface area contributed by atoms with Crippen LogP contribution in [0.1, 0.15) is 35.4 Å². The fourth-order valence-corrected chi connectivity index (χ4v) is 3.04. The van der Waals surface area contributed by atoms with Crippen LogP contribution in [0, 0.1) is 5.92 Å². The maximum Gasteiger partial charge on any atom is 0.0178 e. The van der Waals surface area contributed by atoms with E-state index in [9.17, 15) is 0 Å².